The second-order valence-electron chi connectivity index (χ2n) is 11.5. The molecular formula is C30H39NO9. The molecule has 1 aromatic carbocycles. The molecule has 0 amide bonds. The van der Waals surface area contributed by atoms with Crippen molar-refractivity contribution in [3.63, 3.8) is 0 Å². The Balaban J connectivity index is 1.32. The van der Waals surface area contributed by atoms with Crippen LogP contribution in [0.4, 0.5) is 0 Å². The van der Waals surface area contributed by atoms with E-state index in [4.69, 9.17) is 23.7 Å². The summed E-state index contributed by atoms with van der Waals surface area (Å²) in [6, 6.07) is 3.78. The predicted octanol–water partition coefficient (Wildman–Crippen LogP) is 2.82. The van der Waals surface area contributed by atoms with Gasteiger partial charge in [0.05, 0.1) is 37.1 Å². The Bertz CT molecular complexity index is 1230. The maximum Gasteiger partial charge on any atom is 0.352 e. The maximum atomic E-state index is 13.1. The molecule has 2 aliphatic carbocycles. The highest BCUT2D eigenvalue weighted by atomic mass is 16.6. The molecule has 5 rings (SSSR count). The Morgan fingerprint density at radius 2 is 2.00 bits per heavy atom. The molecule has 2 aliphatic heterocycles. The molecule has 2 heterocycles. The molecule has 1 aromatic rings. The Morgan fingerprint density at radius 1 is 1.23 bits per heavy atom. The number of hydrogen-bond donors (Lipinski definition) is 1. The van der Waals surface area contributed by atoms with Gasteiger partial charge in [-0.25, -0.2) is 4.79 Å². The lowest BCUT2D eigenvalue weighted by molar-refractivity contribution is -0.176. The van der Waals surface area contributed by atoms with Crippen molar-refractivity contribution >= 4 is 17.9 Å². The molecule has 2 bridgehead atoms. The molecule has 1 N–H and O–H groups in total. The molecule has 0 unspecified atom stereocenters. The minimum atomic E-state index is -1.21. The number of hydrogen-bond acceptors (Lipinski definition) is 10. The van der Waals surface area contributed by atoms with E-state index in [-0.39, 0.29) is 18.9 Å². The summed E-state index contributed by atoms with van der Waals surface area (Å²) in [7, 11) is 3.60. The number of carbonyl (C=O) groups is 3. The third-order valence-electron chi connectivity index (χ3n) is 9.04. The molecule has 6 atom stereocenters. The van der Waals surface area contributed by atoms with Crippen molar-refractivity contribution in [1.82, 2.24) is 4.90 Å². The van der Waals surface area contributed by atoms with E-state index in [1.165, 1.54) is 6.92 Å². The van der Waals surface area contributed by atoms with E-state index >= 15 is 0 Å². The topological polar surface area (TPSA) is 121 Å². The third-order valence-corrected chi connectivity index (χ3v) is 9.04. The van der Waals surface area contributed by atoms with Gasteiger partial charge < -0.3 is 33.7 Å². The van der Waals surface area contributed by atoms with Crippen LogP contribution in [0.25, 0.3) is 0 Å². The van der Waals surface area contributed by atoms with E-state index < -0.39 is 47.0 Å². The smallest absolute Gasteiger partial charge is 0.352 e. The fourth-order valence-corrected chi connectivity index (χ4v) is 6.85. The SMILES string of the molecule is CCCCOC(=O)C[C@H](C)C(=O)O[C@@H](C)C(=O)OC1=CC[C@@]2(O)[C@H]3Cc4ccc(OC)c5c4[C@@]2(CCN3C)[C@H]1O5. The highest BCUT2D eigenvalue weighted by Crippen LogP contribution is 2.65. The number of carbonyl (C=O) groups excluding carboxylic acids is 3. The summed E-state index contributed by atoms with van der Waals surface area (Å²) in [5.74, 6) is -1.27. The number of rotatable bonds is 10. The summed E-state index contributed by atoms with van der Waals surface area (Å²) in [6.45, 7) is 6.03. The van der Waals surface area contributed by atoms with Crippen LogP contribution < -0.4 is 9.47 Å². The van der Waals surface area contributed by atoms with Gasteiger partial charge in [0.1, 0.15) is 5.76 Å². The Kier molecular flexibility index (Phi) is 7.60. The lowest BCUT2D eigenvalue weighted by Gasteiger charge is -2.61. The predicted molar refractivity (Wildman–Crippen MR) is 143 cm³/mol. The van der Waals surface area contributed by atoms with Gasteiger partial charge in [0.2, 0.25) is 0 Å². The molecule has 0 saturated carbocycles. The molecule has 40 heavy (non-hydrogen) atoms. The summed E-state index contributed by atoms with van der Waals surface area (Å²) in [5.41, 5.74) is 0.101. The van der Waals surface area contributed by atoms with Gasteiger partial charge in [-0.2, -0.15) is 0 Å². The first kappa shape index (κ1) is 28.4. The molecular weight excluding hydrogens is 518 g/mol. The van der Waals surface area contributed by atoms with Gasteiger partial charge in [0.25, 0.3) is 0 Å². The summed E-state index contributed by atoms with van der Waals surface area (Å²) in [5, 5.41) is 12.3. The van der Waals surface area contributed by atoms with Crippen molar-refractivity contribution in [1.29, 1.82) is 0 Å². The molecule has 4 aliphatic rings. The van der Waals surface area contributed by atoms with Crippen LogP contribution >= 0.6 is 0 Å². The zero-order chi connectivity index (χ0) is 28.8. The van der Waals surface area contributed by atoms with E-state index in [9.17, 15) is 19.5 Å². The second-order valence-corrected chi connectivity index (χ2v) is 11.5. The van der Waals surface area contributed by atoms with Gasteiger partial charge in [-0.05, 0) is 57.5 Å². The minimum Gasteiger partial charge on any atom is -0.493 e. The monoisotopic (exact) mass is 557 g/mol. The number of unbranched alkanes of at least 4 members (excludes halogenated alkanes) is 1. The van der Waals surface area contributed by atoms with Crippen LogP contribution in [0.15, 0.2) is 24.0 Å². The summed E-state index contributed by atoms with van der Waals surface area (Å²) in [4.78, 5) is 39.9. The molecule has 1 fully saturated rings. The van der Waals surface area contributed by atoms with Crippen molar-refractivity contribution in [3.8, 4) is 11.5 Å². The Hall–Kier alpha value is -3.11. The van der Waals surface area contributed by atoms with Gasteiger partial charge in [0, 0.05) is 18.0 Å². The fourth-order valence-electron chi connectivity index (χ4n) is 6.85. The van der Waals surface area contributed by atoms with E-state index in [2.05, 4.69) is 4.90 Å². The van der Waals surface area contributed by atoms with E-state index in [1.807, 2.05) is 26.1 Å². The molecule has 10 heteroatoms. The van der Waals surface area contributed by atoms with Crippen LogP contribution in [0.5, 0.6) is 11.5 Å². The second kappa shape index (κ2) is 10.7. The van der Waals surface area contributed by atoms with E-state index in [0.29, 0.717) is 36.7 Å². The summed E-state index contributed by atoms with van der Waals surface area (Å²) in [6.07, 6.45) is 2.86. The van der Waals surface area contributed by atoms with E-state index in [0.717, 1.165) is 30.5 Å². The first-order chi connectivity index (χ1) is 19.1. The molecule has 218 valence electrons. The van der Waals surface area contributed by atoms with Crippen molar-refractivity contribution < 1.29 is 43.2 Å². The van der Waals surface area contributed by atoms with E-state index in [1.54, 1.807) is 20.1 Å². The zero-order valence-electron chi connectivity index (χ0n) is 23.9. The van der Waals surface area contributed by atoms with Crippen LogP contribution in [-0.2, 0) is 40.4 Å². The highest BCUT2D eigenvalue weighted by molar-refractivity contribution is 5.83. The van der Waals surface area contributed by atoms with Gasteiger partial charge in [-0.1, -0.05) is 26.3 Å². The average molecular weight is 558 g/mol. The standard InChI is InChI=1S/C30H39NO9/c1-6-7-14-37-23(32)15-17(2)27(33)38-18(3)28(34)39-21-10-11-30(35)22-16-19-8-9-20(36-5)25-24(19)29(30,26(21)40-25)12-13-31(22)4/h8-10,17-18,22,26,35H,6-7,11-16H2,1-5H3/t17-,18-,22+,26-,29-,30+/m0/s1. The van der Waals surface area contributed by atoms with Crippen LogP contribution in [0.1, 0.15) is 64.0 Å². The molecule has 1 saturated heterocycles. The van der Waals surface area contributed by atoms with Gasteiger partial charge in [-0.15, -0.1) is 0 Å². The third kappa shape index (κ3) is 4.36. The largest absolute Gasteiger partial charge is 0.493 e. The van der Waals surface area contributed by atoms with Crippen molar-refractivity contribution in [2.24, 2.45) is 5.92 Å². The van der Waals surface area contributed by atoms with Crippen molar-refractivity contribution in [2.75, 3.05) is 27.3 Å². The van der Waals surface area contributed by atoms with Crippen LogP contribution in [0.3, 0.4) is 0 Å². The summed E-state index contributed by atoms with van der Waals surface area (Å²) < 4.78 is 28.4. The van der Waals surface area contributed by atoms with Gasteiger partial charge in [0.15, 0.2) is 23.7 Å². The van der Waals surface area contributed by atoms with Crippen LogP contribution in [0.2, 0.25) is 0 Å². The molecule has 0 radical (unpaired) electrons. The number of piperidine rings is 1. The lowest BCUT2D eigenvalue weighted by Crippen LogP contribution is -2.74. The minimum absolute atomic E-state index is 0.122. The zero-order valence-corrected chi connectivity index (χ0v) is 23.9. The van der Waals surface area contributed by atoms with Crippen molar-refractivity contribution in [2.45, 2.75) is 88.6 Å². The average Bonchev–Trinajstić information content (AvgIpc) is 3.28. The molecule has 10 nitrogen and oxygen atoms in total. The molecule has 1 spiro atoms. The summed E-state index contributed by atoms with van der Waals surface area (Å²) >= 11 is 0. The van der Waals surface area contributed by atoms with Crippen molar-refractivity contribution in [3.05, 3.63) is 35.1 Å². The first-order valence-corrected chi connectivity index (χ1v) is 14.1. The number of methoxy groups -OCH3 is 1. The first-order valence-electron chi connectivity index (χ1n) is 14.1. The number of ether oxygens (including phenoxy) is 5. The number of esters is 3. The molecule has 0 aromatic heterocycles. The number of likely N-dealkylation sites (N-methyl/N-ethyl adjacent to an activating group) is 1. The number of aliphatic hydroxyl groups is 1. The maximum absolute atomic E-state index is 13.1. The highest BCUT2D eigenvalue weighted by Gasteiger charge is 2.72. The van der Waals surface area contributed by atoms with Gasteiger partial charge in [-0.3, -0.25) is 9.59 Å². The van der Waals surface area contributed by atoms with Crippen LogP contribution in [0, 0.1) is 5.92 Å². The number of likely N-dealkylation sites (tertiary alicyclic amines) is 1. The normalized spacial score (nSPS) is 29.3. The Labute approximate surface area is 234 Å². The van der Waals surface area contributed by atoms with Gasteiger partial charge >= 0.3 is 17.9 Å². The number of benzene rings is 1. The number of nitrogens with zero attached hydrogens (tertiary/aromatic N) is 1. The lowest BCUT2D eigenvalue weighted by atomic mass is 9.50. The Morgan fingerprint density at radius 3 is 2.73 bits per heavy atom. The van der Waals surface area contributed by atoms with Crippen LogP contribution in [-0.4, -0.2) is 79.1 Å². The fraction of sp³-hybridized carbons (Fsp3) is 0.633. The quantitative estimate of drug-likeness (QED) is 0.261.